The Kier molecular flexibility index (Phi) is 2.60. The molecule has 13 heavy (non-hydrogen) atoms. The van der Waals surface area contributed by atoms with E-state index in [2.05, 4.69) is 17.2 Å². The quantitative estimate of drug-likeness (QED) is 0.501. The number of nitrogens with one attached hydrogen (secondary N) is 1. The molecule has 1 N–H and O–H groups in total. The minimum absolute atomic E-state index is 0.750. The molecule has 1 nitrogen and oxygen atoms in total. The van der Waals surface area contributed by atoms with Crippen molar-refractivity contribution in [1.82, 2.24) is 5.32 Å². The molecule has 0 heterocycles. The Morgan fingerprint density at radius 3 is 2.69 bits per heavy atom. The molecule has 0 aliphatic heterocycles. The van der Waals surface area contributed by atoms with Gasteiger partial charge in [0.25, 0.3) is 0 Å². The molecule has 0 aromatic heterocycles. The van der Waals surface area contributed by atoms with Gasteiger partial charge in [-0.15, -0.1) is 11.8 Å². The van der Waals surface area contributed by atoms with E-state index in [4.69, 9.17) is 0 Å². The van der Waals surface area contributed by atoms with Gasteiger partial charge in [-0.2, -0.15) is 0 Å². The summed E-state index contributed by atoms with van der Waals surface area (Å²) >= 11 is 0. The molecule has 2 aliphatic rings. The first kappa shape index (κ1) is 9.09. The molecule has 2 saturated carbocycles. The van der Waals surface area contributed by atoms with Gasteiger partial charge in [-0.25, -0.2) is 0 Å². The Morgan fingerprint density at radius 2 is 2.15 bits per heavy atom. The smallest absolute Gasteiger partial charge is 0.0214 e. The first-order chi connectivity index (χ1) is 6.37. The second-order valence-electron chi connectivity index (χ2n) is 4.49. The van der Waals surface area contributed by atoms with Crippen molar-refractivity contribution in [2.45, 2.75) is 39.0 Å². The van der Waals surface area contributed by atoms with Crippen LogP contribution in [-0.4, -0.2) is 13.1 Å². The molecule has 0 aromatic carbocycles. The van der Waals surface area contributed by atoms with Crippen molar-refractivity contribution in [3.63, 3.8) is 0 Å². The van der Waals surface area contributed by atoms with Crippen LogP contribution in [0.2, 0.25) is 0 Å². The lowest BCUT2D eigenvalue weighted by Gasteiger charge is -2.13. The van der Waals surface area contributed by atoms with E-state index in [0.29, 0.717) is 0 Å². The molecule has 2 aliphatic carbocycles. The van der Waals surface area contributed by atoms with E-state index in [-0.39, 0.29) is 0 Å². The van der Waals surface area contributed by atoms with E-state index >= 15 is 0 Å². The van der Waals surface area contributed by atoms with E-state index in [1.165, 1.54) is 32.2 Å². The lowest BCUT2D eigenvalue weighted by atomic mass is 10.0. The molecule has 2 rings (SSSR count). The van der Waals surface area contributed by atoms with Crippen LogP contribution in [0.3, 0.4) is 0 Å². The van der Waals surface area contributed by atoms with Crippen LogP contribution in [0.1, 0.15) is 39.0 Å². The highest BCUT2D eigenvalue weighted by Gasteiger charge is 2.52. The maximum absolute atomic E-state index is 3.54. The summed E-state index contributed by atoms with van der Waals surface area (Å²) in [5.74, 6) is 7.09. The van der Waals surface area contributed by atoms with Crippen LogP contribution in [0.25, 0.3) is 0 Å². The second kappa shape index (κ2) is 3.72. The molecule has 0 amide bonds. The van der Waals surface area contributed by atoms with Crippen LogP contribution < -0.4 is 5.32 Å². The molecule has 0 atom stereocenters. The largest absolute Gasteiger partial charge is 0.315 e. The summed E-state index contributed by atoms with van der Waals surface area (Å²) in [5, 5.41) is 3.54. The Bertz CT molecular complexity index is 225. The third-order valence-corrected chi connectivity index (χ3v) is 3.42. The van der Waals surface area contributed by atoms with Gasteiger partial charge in [0.15, 0.2) is 0 Å². The van der Waals surface area contributed by atoms with Crippen LogP contribution in [0.15, 0.2) is 0 Å². The Morgan fingerprint density at radius 1 is 1.38 bits per heavy atom. The van der Waals surface area contributed by atoms with Crippen molar-refractivity contribution in [1.29, 1.82) is 0 Å². The van der Waals surface area contributed by atoms with Crippen molar-refractivity contribution in [2.24, 2.45) is 11.3 Å². The summed E-state index contributed by atoms with van der Waals surface area (Å²) in [5.41, 5.74) is 0.750. The van der Waals surface area contributed by atoms with Crippen molar-refractivity contribution in [2.75, 3.05) is 13.1 Å². The Labute approximate surface area is 81.3 Å². The van der Waals surface area contributed by atoms with Gasteiger partial charge in [-0.3, -0.25) is 0 Å². The molecule has 0 aromatic rings. The second-order valence-corrected chi connectivity index (χ2v) is 4.49. The molecule has 0 unspecified atom stereocenters. The van der Waals surface area contributed by atoms with Gasteiger partial charge >= 0.3 is 0 Å². The highest BCUT2D eigenvalue weighted by molar-refractivity contribution is 5.05. The maximum Gasteiger partial charge on any atom is 0.0214 e. The van der Waals surface area contributed by atoms with Crippen LogP contribution in [-0.2, 0) is 0 Å². The SMILES string of the molecule is CC#CCCNCC1(C2CC2)CC1. The topological polar surface area (TPSA) is 12.0 Å². The summed E-state index contributed by atoms with van der Waals surface area (Å²) < 4.78 is 0. The van der Waals surface area contributed by atoms with Gasteiger partial charge in [0.1, 0.15) is 0 Å². The predicted molar refractivity (Wildman–Crippen MR) is 55.3 cm³/mol. The molecule has 0 saturated heterocycles. The van der Waals surface area contributed by atoms with Gasteiger partial charge in [0, 0.05) is 19.5 Å². The molecule has 2 fully saturated rings. The fraction of sp³-hybridized carbons (Fsp3) is 0.833. The third-order valence-electron chi connectivity index (χ3n) is 3.42. The van der Waals surface area contributed by atoms with E-state index < -0.39 is 0 Å². The van der Waals surface area contributed by atoms with Gasteiger partial charge < -0.3 is 5.32 Å². The minimum atomic E-state index is 0.750. The first-order valence-corrected chi connectivity index (χ1v) is 5.48. The van der Waals surface area contributed by atoms with Gasteiger partial charge in [0.2, 0.25) is 0 Å². The van der Waals surface area contributed by atoms with E-state index in [1.54, 1.807) is 0 Å². The summed E-state index contributed by atoms with van der Waals surface area (Å²) in [4.78, 5) is 0. The van der Waals surface area contributed by atoms with Crippen molar-refractivity contribution >= 4 is 0 Å². The zero-order valence-electron chi connectivity index (χ0n) is 8.53. The van der Waals surface area contributed by atoms with E-state index in [0.717, 1.165) is 24.3 Å². The van der Waals surface area contributed by atoms with E-state index in [9.17, 15) is 0 Å². The van der Waals surface area contributed by atoms with Crippen LogP contribution >= 0.6 is 0 Å². The lowest BCUT2D eigenvalue weighted by Crippen LogP contribution is -2.26. The van der Waals surface area contributed by atoms with Gasteiger partial charge in [-0.1, -0.05) is 0 Å². The van der Waals surface area contributed by atoms with Crippen LogP contribution in [0.5, 0.6) is 0 Å². The number of hydrogen-bond acceptors (Lipinski definition) is 1. The number of rotatable bonds is 5. The summed E-state index contributed by atoms with van der Waals surface area (Å²) in [7, 11) is 0. The Hall–Kier alpha value is -0.480. The summed E-state index contributed by atoms with van der Waals surface area (Å²) in [6.45, 7) is 4.24. The summed E-state index contributed by atoms with van der Waals surface area (Å²) in [6, 6.07) is 0. The average molecular weight is 177 g/mol. The predicted octanol–water partition coefficient (Wildman–Crippen LogP) is 2.18. The monoisotopic (exact) mass is 177 g/mol. The van der Waals surface area contributed by atoms with Crippen molar-refractivity contribution < 1.29 is 0 Å². The van der Waals surface area contributed by atoms with Crippen molar-refractivity contribution in [3.05, 3.63) is 0 Å². The molecule has 0 radical (unpaired) electrons. The minimum Gasteiger partial charge on any atom is -0.315 e. The average Bonchev–Trinajstić information content (AvgIpc) is 2.98. The fourth-order valence-electron chi connectivity index (χ4n) is 2.20. The van der Waals surface area contributed by atoms with Crippen molar-refractivity contribution in [3.8, 4) is 11.8 Å². The molecule has 0 bridgehead atoms. The zero-order valence-corrected chi connectivity index (χ0v) is 8.53. The summed E-state index contributed by atoms with van der Waals surface area (Å²) in [6.07, 6.45) is 6.96. The fourth-order valence-corrected chi connectivity index (χ4v) is 2.20. The van der Waals surface area contributed by atoms with Crippen LogP contribution in [0, 0.1) is 23.2 Å². The molecule has 1 heteroatoms. The highest BCUT2D eigenvalue weighted by atomic mass is 14.9. The van der Waals surface area contributed by atoms with Crippen LogP contribution in [0.4, 0.5) is 0 Å². The third kappa shape index (κ3) is 2.25. The van der Waals surface area contributed by atoms with Gasteiger partial charge in [0.05, 0.1) is 0 Å². The normalized spacial score (nSPS) is 23.5. The molecular weight excluding hydrogens is 158 g/mol. The standard InChI is InChI=1S/C12H19N/c1-2-3-4-9-13-10-12(7-8-12)11-5-6-11/h11,13H,4-10H2,1H3. The Balaban J connectivity index is 1.59. The van der Waals surface area contributed by atoms with E-state index in [1.807, 2.05) is 6.92 Å². The molecular formula is C12H19N. The first-order valence-electron chi connectivity index (χ1n) is 5.48. The molecule has 72 valence electrons. The number of hydrogen-bond donors (Lipinski definition) is 1. The van der Waals surface area contributed by atoms with Gasteiger partial charge in [-0.05, 0) is 43.9 Å². The highest BCUT2D eigenvalue weighted by Crippen LogP contribution is 2.60. The maximum atomic E-state index is 3.54. The molecule has 0 spiro atoms. The zero-order chi connectivity index (χ0) is 9.15. The lowest BCUT2D eigenvalue weighted by molar-refractivity contribution is 0.407.